The Labute approximate surface area is 200 Å². The van der Waals surface area contributed by atoms with Crippen molar-refractivity contribution < 1.29 is 13.9 Å². The molecule has 172 valence electrons. The van der Waals surface area contributed by atoms with Crippen LogP contribution >= 0.6 is 0 Å². The molecule has 3 aromatic carbocycles. The molecule has 5 heteroatoms. The Morgan fingerprint density at radius 2 is 1.74 bits per heavy atom. The highest BCUT2D eigenvalue weighted by atomic mass is 16.5. The highest BCUT2D eigenvalue weighted by Crippen LogP contribution is 2.38. The van der Waals surface area contributed by atoms with Crippen LogP contribution in [0.2, 0.25) is 0 Å². The minimum absolute atomic E-state index is 0.150. The van der Waals surface area contributed by atoms with Crippen LogP contribution in [-0.4, -0.2) is 28.9 Å². The zero-order valence-corrected chi connectivity index (χ0v) is 19.3. The maximum Gasteiger partial charge on any atom is 0.308 e. The summed E-state index contributed by atoms with van der Waals surface area (Å²) in [7, 11) is 0. The molecular weight excluding hydrogens is 424 g/mol. The topological polar surface area (TPSA) is 55.6 Å². The SMILES string of the molecule is CC(=O)Oc1cccc(CCN2CCC[C@H]2c2nc(-c3ccccc3)c(-c3ccccc3)o2)c1. The van der Waals surface area contributed by atoms with Gasteiger partial charge in [-0.2, -0.15) is 0 Å². The van der Waals surface area contributed by atoms with Crippen LogP contribution in [0.1, 0.15) is 37.3 Å². The molecule has 1 aliphatic heterocycles. The van der Waals surface area contributed by atoms with E-state index in [9.17, 15) is 4.79 Å². The lowest BCUT2D eigenvalue weighted by molar-refractivity contribution is -0.131. The first-order valence-corrected chi connectivity index (χ1v) is 11.8. The maximum atomic E-state index is 11.3. The van der Waals surface area contributed by atoms with Gasteiger partial charge in [0.1, 0.15) is 11.4 Å². The van der Waals surface area contributed by atoms with Gasteiger partial charge in [-0.05, 0) is 43.5 Å². The minimum Gasteiger partial charge on any atom is -0.438 e. The van der Waals surface area contributed by atoms with Crippen LogP contribution < -0.4 is 4.74 Å². The number of hydrogen-bond donors (Lipinski definition) is 0. The van der Waals surface area contributed by atoms with E-state index in [1.807, 2.05) is 54.6 Å². The summed E-state index contributed by atoms with van der Waals surface area (Å²) in [6.45, 7) is 3.32. The van der Waals surface area contributed by atoms with Crippen LogP contribution in [0.3, 0.4) is 0 Å². The van der Waals surface area contributed by atoms with Gasteiger partial charge in [0.25, 0.3) is 0 Å². The van der Waals surface area contributed by atoms with E-state index in [0.29, 0.717) is 5.75 Å². The first-order valence-electron chi connectivity index (χ1n) is 11.8. The zero-order chi connectivity index (χ0) is 23.3. The number of carbonyl (C=O) groups is 1. The quantitative estimate of drug-likeness (QED) is 0.243. The average molecular weight is 453 g/mol. The molecular formula is C29H28N2O3. The zero-order valence-electron chi connectivity index (χ0n) is 19.3. The third kappa shape index (κ3) is 4.95. The summed E-state index contributed by atoms with van der Waals surface area (Å²) in [6, 6.07) is 28.4. The van der Waals surface area contributed by atoms with Crippen LogP contribution in [0.4, 0.5) is 0 Å². The Morgan fingerprint density at radius 3 is 2.47 bits per heavy atom. The van der Waals surface area contributed by atoms with Gasteiger partial charge in [0, 0.05) is 24.6 Å². The molecule has 0 saturated carbocycles. The fourth-order valence-electron chi connectivity index (χ4n) is 4.63. The van der Waals surface area contributed by atoms with E-state index in [4.69, 9.17) is 14.1 Å². The lowest BCUT2D eigenvalue weighted by Gasteiger charge is -2.22. The van der Waals surface area contributed by atoms with E-state index in [0.717, 1.165) is 66.4 Å². The fourth-order valence-corrected chi connectivity index (χ4v) is 4.63. The molecule has 1 fully saturated rings. The molecule has 0 N–H and O–H groups in total. The second kappa shape index (κ2) is 10.1. The molecule has 1 aliphatic rings. The van der Waals surface area contributed by atoms with Gasteiger partial charge in [-0.25, -0.2) is 4.98 Å². The normalized spacial score (nSPS) is 16.0. The monoisotopic (exact) mass is 452 g/mol. The molecule has 5 rings (SSSR count). The number of aromatic nitrogens is 1. The Kier molecular flexibility index (Phi) is 6.54. The largest absolute Gasteiger partial charge is 0.438 e. The van der Waals surface area contributed by atoms with Crippen molar-refractivity contribution in [2.75, 3.05) is 13.1 Å². The lowest BCUT2D eigenvalue weighted by Crippen LogP contribution is -2.26. The molecule has 1 aromatic heterocycles. The molecule has 0 bridgehead atoms. The molecule has 0 amide bonds. The highest BCUT2D eigenvalue weighted by molar-refractivity contribution is 5.76. The highest BCUT2D eigenvalue weighted by Gasteiger charge is 2.31. The van der Waals surface area contributed by atoms with Gasteiger partial charge < -0.3 is 9.15 Å². The second-order valence-electron chi connectivity index (χ2n) is 8.65. The van der Waals surface area contributed by atoms with Crippen molar-refractivity contribution in [3.8, 4) is 28.3 Å². The Bertz CT molecular complexity index is 1190. The van der Waals surface area contributed by atoms with E-state index >= 15 is 0 Å². The summed E-state index contributed by atoms with van der Waals surface area (Å²) in [6.07, 6.45) is 3.00. The van der Waals surface area contributed by atoms with Gasteiger partial charge in [-0.1, -0.05) is 72.8 Å². The smallest absolute Gasteiger partial charge is 0.308 e. The van der Waals surface area contributed by atoms with Crippen LogP contribution in [-0.2, 0) is 11.2 Å². The number of oxazole rings is 1. The summed E-state index contributed by atoms with van der Waals surface area (Å²) < 4.78 is 11.7. The molecule has 2 heterocycles. The standard InChI is InChI=1S/C29H28N2O3/c1-21(32)33-25-15-8-10-22(20-25)17-19-31-18-9-16-26(31)29-30-27(23-11-4-2-5-12-23)28(34-29)24-13-6-3-7-14-24/h2-8,10-15,20,26H,9,16-19H2,1H3/t26-/m0/s1. The summed E-state index contributed by atoms with van der Waals surface area (Å²) in [4.78, 5) is 18.8. The summed E-state index contributed by atoms with van der Waals surface area (Å²) in [5, 5.41) is 0. The van der Waals surface area contributed by atoms with Crippen LogP contribution in [0.5, 0.6) is 5.75 Å². The first-order chi connectivity index (χ1) is 16.7. The molecule has 5 nitrogen and oxygen atoms in total. The van der Waals surface area contributed by atoms with Crippen molar-refractivity contribution in [1.82, 2.24) is 9.88 Å². The Hall–Kier alpha value is -3.70. The predicted molar refractivity (Wildman–Crippen MR) is 132 cm³/mol. The van der Waals surface area contributed by atoms with Crippen molar-refractivity contribution in [2.24, 2.45) is 0 Å². The van der Waals surface area contributed by atoms with E-state index in [2.05, 4.69) is 35.2 Å². The number of likely N-dealkylation sites (tertiary alicyclic amines) is 1. The number of esters is 1. The number of hydrogen-bond acceptors (Lipinski definition) is 5. The van der Waals surface area contributed by atoms with Crippen LogP contribution in [0.15, 0.2) is 89.3 Å². The number of nitrogens with zero attached hydrogens (tertiary/aromatic N) is 2. The van der Waals surface area contributed by atoms with Gasteiger partial charge >= 0.3 is 5.97 Å². The molecule has 4 aromatic rings. The molecule has 0 unspecified atom stereocenters. The molecule has 0 aliphatic carbocycles. The van der Waals surface area contributed by atoms with Crippen molar-refractivity contribution in [1.29, 1.82) is 0 Å². The van der Waals surface area contributed by atoms with E-state index in [-0.39, 0.29) is 12.0 Å². The van der Waals surface area contributed by atoms with E-state index in [1.165, 1.54) is 6.92 Å². The number of rotatable bonds is 7. The summed E-state index contributed by atoms with van der Waals surface area (Å²) >= 11 is 0. The van der Waals surface area contributed by atoms with Crippen LogP contribution in [0.25, 0.3) is 22.6 Å². The Balaban J connectivity index is 1.39. The van der Waals surface area contributed by atoms with Gasteiger partial charge in [0.05, 0.1) is 6.04 Å². The summed E-state index contributed by atoms with van der Waals surface area (Å²) in [5.41, 5.74) is 4.13. The molecule has 0 spiro atoms. The average Bonchev–Trinajstić information content (AvgIpc) is 3.51. The number of carbonyl (C=O) groups excluding carboxylic acids is 1. The number of benzene rings is 3. The van der Waals surface area contributed by atoms with Gasteiger partial charge in [-0.15, -0.1) is 0 Å². The third-order valence-electron chi connectivity index (χ3n) is 6.22. The summed E-state index contributed by atoms with van der Waals surface area (Å²) in [5.74, 6) is 1.89. The predicted octanol–water partition coefficient (Wildman–Crippen LogP) is 6.31. The minimum atomic E-state index is -0.302. The van der Waals surface area contributed by atoms with Gasteiger partial charge in [0.15, 0.2) is 5.76 Å². The van der Waals surface area contributed by atoms with Crippen molar-refractivity contribution >= 4 is 5.97 Å². The van der Waals surface area contributed by atoms with E-state index in [1.54, 1.807) is 0 Å². The molecule has 1 saturated heterocycles. The second-order valence-corrected chi connectivity index (χ2v) is 8.65. The van der Waals surface area contributed by atoms with Crippen molar-refractivity contribution in [3.63, 3.8) is 0 Å². The lowest BCUT2D eigenvalue weighted by atomic mass is 10.1. The van der Waals surface area contributed by atoms with Crippen LogP contribution in [0, 0.1) is 0 Å². The van der Waals surface area contributed by atoms with Gasteiger partial charge in [-0.3, -0.25) is 9.69 Å². The fraction of sp³-hybridized carbons (Fsp3) is 0.241. The molecule has 1 atom stereocenters. The maximum absolute atomic E-state index is 11.3. The molecule has 0 radical (unpaired) electrons. The number of ether oxygens (including phenoxy) is 1. The van der Waals surface area contributed by atoms with Crippen molar-refractivity contribution in [3.05, 3.63) is 96.4 Å². The molecule has 34 heavy (non-hydrogen) atoms. The van der Waals surface area contributed by atoms with E-state index < -0.39 is 0 Å². The third-order valence-corrected chi connectivity index (χ3v) is 6.22. The van der Waals surface area contributed by atoms with Crippen molar-refractivity contribution in [2.45, 2.75) is 32.2 Å². The Morgan fingerprint density at radius 1 is 1.00 bits per heavy atom. The van der Waals surface area contributed by atoms with Gasteiger partial charge in [0.2, 0.25) is 5.89 Å². The first kappa shape index (κ1) is 22.1.